The molecule has 2 N–H and O–H groups in total. The number of rotatable bonds is 4. The first-order valence-electron chi connectivity index (χ1n) is 9.04. The highest BCUT2D eigenvalue weighted by atomic mass is 16.5. The number of aromatic carboxylic acids is 1. The summed E-state index contributed by atoms with van der Waals surface area (Å²) in [6.07, 6.45) is 1.02. The number of hydrogen-bond acceptors (Lipinski definition) is 5. The van der Waals surface area contributed by atoms with Gasteiger partial charge in [0.1, 0.15) is 5.69 Å². The van der Waals surface area contributed by atoms with Crippen molar-refractivity contribution in [1.82, 2.24) is 15.2 Å². The summed E-state index contributed by atoms with van der Waals surface area (Å²) in [4.78, 5) is 18.1. The fourth-order valence-electron chi connectivity index (χ4n) is 3.83. The van der Waals surface area contributed by atoms with E-state index in [2.05, 4.69) is 39.5 Å². The zero-order valence-electron chi connectivity index (χ0n) is 14.6. The highest BCUT2D eigenvalue weighted by Gasteiger charge is 2.32. The van der Waals surface area contributed by atoms with Crippen LogP contribution in [-0.4, -0.2) is 53.3 Å². The van der Waals surface area contributed by atoms with Gasteiger partial charge in [0.15, 0.2) is 0 Å². The van der Waals surface area contributed by atoms with Crippen LogP contribution < -0.4 is 5.32 Å². The monoisotopic (exact) mass is 353 g/mol. The van der Waals surface area contributed by atoms with Crippen molar-refractivity contribution < 1.29 is 14.6 Å². The van der Waals surface area contributed by atoms with Gasteiger partial charge >= 0.3 is 5.97 Å². The fraction of sp³-hybridized carbons (Fsp3) is 0.400. The highest BCUT2D eigenvalue weighted by Crippen LogP contribution is 2.28. The second-order valence-corrected chi connectivity index (χ2v) is 6.87. The van der Waals surface area contributed by atoms with Crippen molar-refractivity contribution in [3.8, 4) is 0 Å². The Labute approximate surface area is 152 Å². The number of fused-ring (bicyclic) bond motifs is 1. The molecular formula is C20H23N3O3. The van der Waals surface area contributed by atoms with Crippen LogP contribution in [0.1, 0.15) is 33.4 Å². The number of carboxylic acids is 1. The molecule has 3 heterocycles. The summed E-state index contributed by atoms with van der Waals surface area (Å²) in [6.45, 7) is 3.84. The molecule has 0 saturated carbocycles. The van der Waals surface area contributed by atoms with E-state index in [1.54, 1.807) is 6.07 Å². The predicted octanol–water partition coefficient (Wildman–Crippen LogP) is 1.87. The van der Waals surface area contributed by atoms with E-state index in [0.717, 1.165) is 43.9 Å². The molecule has 0 amide bonds. The van der Waals surface area contributed by atoms with Gasteiger partial charge in [-0.05, 0) is 23.6 Å². The van der Waals surface area contributed by atoms with Gasteiger partial charge in [0.25, 0.3) is 0 Å². The number of aromatic nitrogens is 1. The second kappa shape index (κ2) is 7.53. The standard InChI is InChI=1S/C20H23N3O3/c24-20(25)17-7-6-15-11-21-12-18(19(15)22-17)23-8-9-26-16(13-23)10-14-4-2-1-3-5-14/h1-7,16,18,21H,8-13H2,(H,24,25). The molecule has 6 nitrogen and oxygen atoms in total. The van der Waals surface area contributed by atoms with Gasteiger partial charge in [0.05, 0.1) is 24.4 Å². The van der Waals surface area contributed by atoms with Gasteiger partial charge in [0, 0.05) is 26.2 Å². The van der Waals surface area contributed by atoms with E-state index in [9.17, 15) is 9.90 Å². The quantitative estimate of drug-likeness (QED) is 0.874. The van der Waals surface area contributed by atoms with Gasteiger partial charge in [-0.15, -0.1) is 0 Å². The molecule has 6 heteroatoms. The first-order valence-corrected chi connectivity index (χ1v) is 9.04. The minimum Gasteiger partial charge on any atom is -0.477 e. The van der Waals surface area contributed by atoms with Gasteiger partial charge < -0.3 is 15.2 Å². The minimum atomic E-state index is -0.978. The third-order valence-corrected chi connectivity index (χ3v) is 5.12. The maximum atomic E-state index is 11.3. The first kappa shape index (κ1) is 17.1. The lowest BCUT2D eigenvalue weighted by atomic mass is 9.99. The Morgan fingerprint density at radius 1 is 1.27 bits per heavy atom. The summed E-state index contributed by atoms with van der Waals surface area (Å²) in [7, 11) is 0. The summed E-state index contributed by atoms with van der Waals surface area (Å²) >= 11 is 0. The number of morpholine rings is 1. The fourth-order valence-corrected chi connectivity index (χ4v) is 3.83. The van der Waals surface area contributed by atoms with E-state index in [1.165, 1.54) is 5.56 Å². The molecule has 1 aromatic carbocycles. The smallest absolute Gasteiger partial charge is 0.354 e. The Morgan fingerprint density at radius 3 is 2.92 bits per heavy atom. The molecule has 1 saturated heterocycles. The van der Waals surface area contributed by atoms with Crippen LogP contribution in [0.4, 0.5) is 0 Å². The Morgan fingerprint density at radius 2 is 2.12 bits per heavy atom. The van der Waals surface area contributed by atoms with Crippen LogP contribution in [0, 0.1) is 0 Å². The molecule has 1 aromatic heterocycles. The number of nitrogens with zero attached hydrogens (tertiary/aromatic N) is 2. The second-order valence-electron chi connectivity index (χ2n) is 6.87. The Kier molecular flexibility index (Phi) is 4.97. The molecule has 2 aromatic rings. The molecular weight excluding hydrogens is 330 g/mol. The molecule has 4 rings (SSSR count). The van der Waals surface area contributed by atoms with Gasteiger partial charge in [-0.1, -0.05) is 36.4 Å². The summed E-state index contributed by atoms with van der Waals surface area (Å²) < 4.78 is 5.98. The molecule has 2 aliphatic heterocycles. The number of benzene rings is 1. The number of ether oxygens (including phenoxy) is 1. The van der Waals surface area contributed by atoms with Crippen LogP contribution in [0.15, 0.2) is 42.5 Å². The van der Waals surface area contributed by atoms with Crippen molar-refractivity contribution in [3.63, 3.8) is 0 Å². The third kappa shape index (κ3) is 3.62. The number of carboxylic acid groups (broad SMARTS) is 1. The van der Waals surface area contributed by atoms with Crippen LogP contribution >= 0.6 is 0 Å². The first-order chi connectivity index (χ1) is 12.7. The van der Waals surface area contributed by atoms with Crippen molar-refractivity contribution in [2.45, 2.75) is 25.1 Å². The molecule has 0 spiro atoms. The van der Waals surface area contributed by atoms with Gasteiger partial charge in [-0.25, -0.2) is 9.78 Å². The summed E-state index contributed by atoms with van der Waals surface area (Å²) in [6, 6.07) is 13.9. The number of carbonyl (C=O) groups is 1. The molecule has 2 atom stereocenters. The molecule has 1 fully saturated rings. The largest absolute Gasteiger partial charge is 0.477 e. The van der Waals surface area contributed by atoms with Crippen LogP contribution in [0.3, 0.4) is 0 Å². The minimum absolute atomic E-state index is 0.0835. The average Bonchev–Trinajstić information content (AvgIpc) is 2.68. The molecule has 2 unspecified atom stereocenters. The van der Waals surface area contributed by atoms with Gasteiger partial charge in [0.2, 0.25) is 0 Å². The Hall–Kier alpha value is -2.28. The number of nitrogens with one attached hydrogen (secondary N) is 1. The van der Waals surface area contributed by atoms with Gasteiger partial charge in [-0.2, -0.15) is 0 Å². The Balaban J connectivity index is 1.52. The van der Waals surface area contributed by atoms with Crippen molar-refractivity contribution in [2.24, 2.45) is 0 Å². The predicted molar refractivity (Wildman–Crippen MR) is 97.1 cm³/mol. The third-order valence-electron chi connectivity index (χ3n) is 5.12. The zero-order valence-corrected chi connectivity index (χ0v) is 14.6. The summed E-state index contributed by atoms with van der Waals surface area (Å²) in [5.74, 6) is -0.978. The maximum absolute atomic E-state index is 11.3. The van der Waals surface area contributed by atoms with E-state index < -0.39 is 5.97 Å². The van der Waals surface area contributed by atoms with Crippen molar-refractivity contribution >= 4 is 5.97 Å². The van der Waals surface area contributed by atoms with Crippen LogP contribution in [-0.2, 0) is 17.7 Å². The lowest BCUT2D eigenvalue weighted by Crippen LogP contribution is -2.49. The maximum Gasteiger partial charge on any atom is 0.354 e. The molecule has 2 aliphatic rings. The normalized spacial score (nSPS) is 23.4. The van der Waals surface area contributed by atoms with Gasteiger partial charge in [-0.3, -0.25) is 4.90 Å². The van der Waals surface area contributed by atoms with E-state index >= 15 is 0 Å². The topological polar surface area (TPSA) is 74.7 Å². The highest BCUT2D eigenvalue weighted by molar-refractivity contribution is 5.85. The zero-order chi connectivity index (χ0) is 17.9. The van der Waals surface area contributed by atoms with Crippen molar-refractivity contribution in [2.75, 3.05) is 26.2 Å². The van der Waals surface area contributed by atoms with Crippen LogP contribution in [0.2, 0.25) is 0 Å². The summed E-state index contributed by atoms with van der Waals surface area (Å²) in [5.41, 5.74) is 3.36. The number of hydrogen-bond donors (Lipinski definition) is 2. The molecule has 136 valence electrons. The van der Waals surface area contributed by atoms with E-state index in [1.807, 2.05) is 12.1 Å². The lowest BCUT2D eigenvalue weighted by molar-refractivity contribution is -0.0445. The SMILES string of the molecule is O=C(O)c1ccc2c(n1)C(N1CCOC(Cc3ccccc3)C1)CNC2. The average molecular weight is 353 g/mol. The van der Waals surface area contributed by atoms with Crippen molar-refractivity contribution in [1.29, 1.82) is 0 Å². The molecule has 0 radical (unpaired) electrons. The van der Waals surface area contributed by atoms with E-state index in [0.29, 0.717) is 6.61 Å². The van der Waals surface area contributed by atoms with Crippen LogP contribution in [0.25, 0.3) is 0 Å². The summed E-state index contributed by atoms with van der Waals surface area (Å²) in [5, 5.41) is 12.7. The Bertz CT molecular complexity index is 781. The molecule has 0 aliphatic carbocycles. The lowest BCUT2D eigenvalue weighted by Gasteiger charge is -2.40. The van der Waals surface area contributed by atoms with Crippen LogP contribution in [0.5, 0.6) is 0 Å². The number of pyridine rings is 1. The van der Waals surface area contributed by atoms with E-state index in [-0.39, 0.29) is 17.8 Å². The van der Waals surface area contributed by atoms with Crippen molar-refractivity contribution in [3.05, 3.63) is 65.0 Å². The molecule has 26 heavy (non-hydrogen) atoms. The van der Waals surface area contributed by atoms with E-state index in [4.69, 9.17) is 4.74 Å². The molecule has 0 bridgehead atoms.